The molecule has 34 heavy (non-hydrogen) atoms. The predicted octanol–water partition coefficient (Wildman–Crippen LogP) is 5.31. The summed E-state index contributed by atoms with van der Waals surface area (Å²) in [5.74, 6) is 0.540. The van der Waals surface area contributed by atoms with Gasteiger partial charge in [0.25, 0.3) is 0 Å². The number of benzene rings is 3. The topological polar surface area (TPSA) is 94.6 Å². The second-order valence-electron chi connectivity index (χ2n) is 7.71. The third-order valence-electron chi connectivity index (χ3n) is 5.28. The third kappa shape index (κ3) is 5.11. The number of nitrogens with two attached hydrogens (primary N) is 1. The Morgan fingerprint density at radius 2 is 1.91 bits per heavy atom. The van der Waals surface area contributed by atoms with Gasteiger partial charge < -0.3 is 19.9 Å². The molecule has 1 aliphatic rings. The van der Waals surface area contributed by atoms with Crippen LogP contribution in [-0.2, 0) is 4.79 Å². The van der Waals surface area contributed by atoms with E-state index in [1.807, 2.05) is 61.5 Å². The summed E-state index contributed by atoms with van der Waals surface area (Å²) in [4.78, 5) is 12.3. The van der Waals surface area contributed by atoms with Gasteiger partial charge in [-0.25, -0.2) is 4.79 Å². The molecule has 0 spiro atoms. The molecule has 3 aromatic rings. The van der Waals surface area contributed by atoms with Crippen LogP contribution in [0.3, 0.4) is 0 Å². The van der Waals surface area contributed by atoms with Gasteiger partial charge in [-0.15, -0.1) is 0 Å². The summed E-state index contributed by atoms with van der Waals surface area (Å²) >= 11 is 0. The fourth-order valence-electron chi connectivity index (χ4n) is 3.72. The minimum absolute atomic E-state index is 0.0207. The minimum Gasteiger partial charge on any atom is -0.494 e. The van der Waals surface area contributed by atoms with Gasteiger partial charge in [0.05, 0.1) is 12.5 Å². The summed E-state index contributed by atoms with van der Waals surface area (Å²) < 4.78 is 16.9. The molecule has 0 saturated heterocycles. The van der Waals surface area contributed by atoms with Gasteiger partial charge in [0, 0.05) is 17.7 Å². The highest BCUT2D eigenvalue weighted by molar-refractivity contribution is 5.88. The number of nitrogens with zero attached hydrogens (tertiary/aromatic N) is 1. The second-order valence-corrected chi connectivity index (χ2v) is 7.71. The lowest BCUT2D eigenvalue weighted by Gasteiger charge is -2.27. The van der Waals surface area contributed by atoms with Crippen molar-refractivity contribution in [2.45, 2.75) is 19.3 Å². The first kappa shape index (κ1) is 22.7. The number of carbonyl (C=O) groups is 1. The van der Waals surface area contributed by atoms with E-state index in [4.69, 9.17) is 19.9 Å². The first-order valence-electron chi connectivity index (χ1n) is 11.0. The van der Waals surface area contributed by atoms with Crippen LogP contribution < -0.4 is 19.9 Å². The van der Waals surface area contributed by atoms with Gasteiger partial charge in [0.2, 0.25) is 5.88 Å². The molecule has 0 amide bonds. The zero-order chi connectivity index (χ0) is 23.9. The molecule has 6 nitrogen and oxygen atoms in total. The van der Waals surface area contributed by atoms with E-state index in [1.165, 1.54) is 6.08 Å². The highest BCUT2D eigenvalue weighted by atomic mass is 16.5. The Morgan fingerprint density at radius 1 is 1.09 bits per heavy atom. The normalized spacial score (nSPS) is 14.8. The lowest BCUT2D eigenvalue weighted by molar-refractivity contribution is -0.128. The summed E-state index contributed by atoms with van der Waals surface area (Å²) in [6.45, 7) is 2.64. The van der Waals surface area contributed by atoms with Crippen LogP contribution in [-0.4, -0.2) is 12.6 Å². The van der Waals surface area contributed by atoms with Crippen molar-refractivity contribution in [3.8, 4) is 23.3 Å². The maximum atomic E-state index is 12.3. The van der Waals surface area contributed by atoms with E-state index in [2.05, 4.69) is 6.07 Å². The number of ether oxygens (including phenoxy) is 3. The zero-order valence-electron chi connectivity index (χ0n) is 18.7. The summed E-state index contributed by atoms with van der Waals surface area (Å²) in [7, 11) is 0. The van der Waals surface area contributed by atoms with Crippen LogP contribution in [0.4, 0.5) is 0 Å². The van der Waals surface area contributed by atoms with Crippen LogP contribution in [0.1, 0.15) is 36.0 Å². The van der Waals surface area contributed by atoms with Crippen molar-refractivity contribution < 1.29 is 19.0 Å². The third-order valence-corrected chi connectivity index (χ3v) is 5.28. The van der Waals surface area contributed by atoms with Gasteiger partial charge in [0.1, 0.15) is 28.9 Å². The molecule has 0 radical (unpaired) electrons. The van der Waals surface area contributed by atoms with E-state index in [0.717, 1.165) is 28.9 Å². The van der Waals surface area contributed by atoms with Crippen molar-refractivity contribution in [3.05, 3.63) is 107 Å². The molecule has 1 heterocycles. The first-order chi connectivity index (χ1) is 16.6. The summed E-state index contributed by atoms with van der Waals surface area (Å²) in [6, 6.07) is 24.3. The number of hydrogen-bond donors (Lipinski definition) is 1. The number of carbonyl (C=O) groups excluding carboxylic acids is 1. The largest absolute Gasteiger partial charge is 0.494 e. The molecule has 0 aromatic heterocycles. The molecule has 1 aliphatic heterocycles. The highest BCUT2D eigenvalue weighted by Crippen LogP contribution is 2.44. The molecule has 0 aliphatic carbocycles. The monoisotopic (exact) mass is 452 g/mol. The highest BCUT2D eigenvalue weighted by Gasteiger charge is 2.31. The van der Waals surface area contributed by atoms with Crippen LogP contribution in [0.15, 0.2) is 90.3 Å². The summed E-state index contributed by atoms with van der Waals surface area (Å²) in [6.07, 6.45) is 3.94. The van der Waals surface area contributed by atoms with Crippen LogP contribution in [0, 0.1) is 11.3 Å². The molecule has 1 atom stereocenters. The van der Waals surface area contributed by atoms with Crippen molar-refractivity contribution in [2.75, 3.05) is 6.61 Å². The van der Waals surface area contributed by atoms with E-state index in [-0.39, 0.29) is 5.88 Å². The van der Waals surface area contributed by atoms with E-state index in [9.17, 15) is 10.1 Å². The van der Waals surface area contributed by atoms with Crippen molar-refractivity contribution in [3.63, 3.8) is 0 Å². The number of fused-ring (bicyclic) bond motifs is 1. The maximum Gasteiger partial charge on any atom is 0.336 e. The van der Waals surface area contributed by atoms with Gasteiger partial charge in [0.15, 0.2) is 0 Å². The fraction of sp³-hybridized carbons (Fsp3) is 0.143. The van der Waals surface area contributed by atoms with Crippen LogP contribution >= 0.6 is 0 Å². The van der Waals surface area contributed by atoms with Gasteiger partial charge in [-0.3, -0.25) is 0 Å². The standard InChI is InChI=1S/C28H24N2O4/c1-2-15-32-21-10-6-9-20(16-21)27-23-13-12-22(17-25(23)34-28(30)24(27)18-29)33-26(31)14-11-19-7-4-3-5-8-19/h3-14,16-17,27H,2,15,30H2,1H3/b14-11+. The summed E-state index contributed by atoms with van der Waals surface area (Å²) in [5.41, 5.74) is 8.91. The average molecular weight is 453 g/mol. The fourth-order valence-corrected chi connectivity index (χ4v) is 3.72. The van der Waals surface area contributed by atoms with Gasteiger partial charge >= 0.3 is 5.97 Å². The Labute approximate surface area is 198 Å². The predicted molar refractivity (Wildman–Crippen MR) is 129 cm³/mol. The quantitative estimate of drug-likeness (QED) is 0.296. The Hall–Kier alpha value is -4.50. The number of allylic oxidation sites excluding steroid dienone is 1. The SMILES string of the molecule is CCCOc1cccc(C2C(C#N)=C(N)Oc3cc(OC(=O)/C=C/c4ccccc4)ccc32)c1. The number of hydrogen-bond acceptors (Lipinski definition) is 6. The Morgan fingerprint density at radius 3 is 2.68 bits per heavy atom. The lowest BCUT2D eigenvalue weighted by Crippen LogP contribution is -2.21. The van der Waals surface area contributed by atoms with E-state index >= 15 is 0 Å². The van der Waals surface area contributed by atoms with Crippen LogP contribution in [0.25, 0.3) is 6.08 Å². The molecule has 0 saturated carbocycles. The molecule has 0 fully saturated rings. The minimum atomic E-state index is -0.516. The molecule has 6 heteroatoms. The second kappa shape index (κ2) is 10.4. The van der Waals surface area contributed by atoms with Crippen molar-refractivity contribution in [1.29, 1.82) is 5.26 Å². The van der Waals surface area contributed by atoms with Crippen molar-refractivity contribution >= 4 is 12.0 Å². The smallest absolute Gasteiger partial charge is 0.336 e. The van der Waals surface area contributed by atoms with E-state index in [0.29, 0.717) is 23.7 Å². The number of nitriles is 1. The molecule has 0 bridgehead atoms. The number of rotatable bonds is 7. The molecule has 3 aromatic carbocycles. The maximum absolute atomic E-state index is 12.3. The number of esters is 1. The van der Waals surface area contributed by atoms with Crippen molar-refractivity contribution in [1.82, 2.24) is 0 Å². The zero-order valence-corrected chi connectivity index (χ0v) is 18.7. The Kier molecular flexibility index (Phi) is 6.95. The molecule has 4 rings (SSSR count). The Balaban J connectivity index is 1.60. The first-order valence-corrected chi connectivity index (χ1v) is 11.0. The van der Waals surface area contributed by atoms with Gasteiger partial charge in [-0.2, -0.15) is 5.26 Å². The lowest BCUT2D eigenvalue weighted by atomic mass is 9.83. The van der Waals surface area contributed by atoms with Crippen LogP contribution in [0.2, 0.25) is 0 Å². The van der Waals surface area contributed by atoms with Gasteiger partial charge in [-0.05, 0) is 41.8 Å². The van der Waals surface area contributed by atoms with E-state index in [1.54, 1.807) is 24.3 Å². The Bertz CT molecular complexity index is 1290. The van der Waals surface area contributed by atoms with E-state index < -0.39 is 11.9 Å². The molecule has 2 N–H and O–H groups in total. The van der Waals surface area contributed by atoms with Crippen molar-refractivity contribution in [2.24, 2.45) is 5.73 Å². The van der Waals surface area contributed by atoms with Gasteiger partial charge in [-0.1, -0.05) is 55.5 Å². The molecular weight excluding hydrogens is 428 g/mol. The molecule has 1 unspecified atom stereocenters. The molecule has 170 valence electrons. The molecular formula is C28H24N2O4. The summed E-state index contributed by atoms with van der Waals surface area (Å²) in [5, 5.41) is 9.78. The average Bonchev–Trinajstić information content (AvgIpc) is 2.86. The van der Waals surface area contributed by atoms with Crippen LogP contribution in [0.5, 0.6) is 17.2 Å².